The van der Waals surface area contributed by atoms with Gasteiger partial charge in [0.1, 0.15) is 13.1 Å². The summed E-state index contributed by atoms with van der Waals surface area (Å²) in [6.07, 6.45) is -4.96. The number of ether oxygens (including phenoxy) is 1. The Kier molecular flexibility index (Phi) is 5.59. The van der Waals surface area contributed by atoms with Crippen LogP contribution in [0.2, 0.25) is 0 Å². The molecule has 8 heteroatoms. The number of nitrogens with zero attached hydrogens (tertiary/aromatic N) is 1. The molecule has 0 unspecified atom stereocenters. The van der Waals surface area contributed by atoms with Gasteiger partial charge < -0.3 is 14.7 Å². The van der Waals surface area contributed by atoms with Crippen LogP contribution in [0.3, 0.4) is 0 Å². The van der Waals surface area contributed by atoms with Crippen LogP contribution in [0.15, 0.2) is 0 Å². The first-order valence-corrected chi connectivity index (χ1v) is 5.08. The quantitative estimate of drug-likeness (QED) is 0.790. The number of methoxy groups -OCH3 is 1. The van der Waals surface area contributed by atoms with Gasteiger partial charge in [-0.05, 0) is 13.8 Å². The molecule has 0 heterocycles. The fourth-order valence-electron chi connectivity index (χ4n) is 1.16. The predicted molar refractivity (Wildman–Crippen MR) is 56.0 cm³/mol. The van der Waals surface area contributed by atoms with E-state index in [1.807, 2.05) is 0 Å². The Hall–Kier alpha value is -1.31. The van der Waals surface area contributed by atoms with E-state index in [-0.39, 0.29) is 11.3 Å². The summed E-state index contributed by atoms with van der Waals surface area (Å²) in [5.74, 6) is -2.41. The zero-order valence-electron chi connectivity index (χ0n) is 10.4. The molecule has 1 amide bonds. The van der Waals surface area contributed by atoms with Gasteiger partial charge in [-0.1, -0.05) is 0 Å². The minimum absolute atomic E-state index is 0.253. The number of alkyl halides is 3. The van der Waals surface area contributed by atoms with Crippen LogP contribution in [0.1, 0.15) is 20.3 Å². The summed E-state index contributed by atoms with van der Waals surface area (Å²) in [7, 11) is 1.32. The third kappa shape index (κ3) is 7.10. The van der Waals surface area contributed by atoms with E-state index >= 15 is 0 Å². The van der Waals surface area contributed by atoms with E-state index in [0.29, 0.717) is 0 Å². The van der Waals surface area contributed by atoms with Crippen LogP contribution in [-0.4, -0.2) is 53.9 Å². The summed E-state index contributed by atoms with van der Waals surface area (Å²) in [5, 5.41) is 8.49. The standard InChI is InChI=1S/C10H16F3NO4/c1-9(2,18-3)4-7(15)14(5-8(16)17)6-10(11,12)13/h4-6H2,1-3H3,(H,16,17). The highest BCUT2D eigenvalue weighted by atomic mass is 19.4. The Morgan fingerprint density at radius 2 is 1.78 bits per heavy atom. The van der Waals surface area contributed by atoms with Crippen LogP contribution in [0.4, 0.5) is 13.2 Å². The Bertz CT molecular complexity index is 315. The summed E-state index contributed by atoms with van der Waals surface area (Å²) in [6.45, 7) is 0.477. The van der Waals surface area contributed by atoms with Gasteiger partial charge in [0, 0.05) is 7.11 Å². The van der Waals surface area contributed by atoms with Crippen molar-refractivity contribution in [3.63, 3.8) is 0 Å². The third-order valence-corrected chi connectivity index (χ3v) is 2.18. The average Bonchev–Trinajstić information content (AvgIpc) is 2.13. The van der Waals surface area contributed by atoms with E-state index in [1.54, 1.807) is 0 Å². The number of rotatable bonds is 6. The van der Waals surface area contributed by atoms with Gasteiger partial charge in [-0.15, -0.1) is 0 Å². The molecule has 0 saturated carbocycles. The van der Waals surface area contributed by atoms with E-state index in [4.69, 9.17) is 9.84 Å². The molecule has 0 aliphatic rings. The van der Waals surface area contributed by atoms with Gasteiger partial charge in [-0.25, -0.2) is 0 Å². The van der Waals surface area contributed by atoms with Crippen LogP contribution in [0.25, 0.3) is 0 Å². The summed E-state index contributed by atoms with van der Waals surface area (Å²) < 4.78 is 41.6. The Morgan fingerprint density at radius 1 is 1.28 bits per heavy atom. The number of carboxylic acid groups (broad SMARTS) is 1. The molecule has 0 aromatic carbocycles. The minimum Gasteiger partial charge on any atom is -0.480 e. The second-order valence-electron chi connectivity index (χ2n) is 4.40. The number of halogens is 3. The van der Waals surface area contributed by atoms with Crippen molar-refractivity contribution in [2.45, 2.75) is 32.0 Å². The van der Waals surface area contributed by atoms with Gasteiger partial charge in [0.25, 0.3) is 0 Å². The van der Waals surface area contributed by atoms with E-state index in [1.165, 1.54) is 21.0 Å². The Labute approximate surface area is 103 Å². The van der Waals surface area contributed by atoms with Crippen molar-refractivity contribution in [1.29, 1.82) is 0 Å². The van der Waals surface area contributed by atoms with E-state index in [9.17, 15) is 22.8 Å². The average molecular weight is 271 g/mol. The monoisotopic (exact) mass is 271 g/mol. The number of carboxylic acids is 1. The maximum Gasteiger partial charge on any atom is 0.406 e. The highest BCUT2D eigenvalue weighted by molar-refractivity contribution is 5.82. The maximum absolute atomic E-state index is 12.2. The molecular weight excluding hydrogens is 255 g/mol. The van der Waals surface area contributed by atoms with Gasteiger partial charge in [0.05, 0.1) is 12.0 Å². The molecule has 0 rings (SSSR count). The van der Waals surface area contributed by atoms with E-state index < -0.39 is 36.7 Å². The van der Waals surface area contributed by atoms with Gasteiger partial charge >= 0.3 is 12.1 Å². The fraction of sp³-hybridized carbons (Fsp3) is 0.800. The van der Waals surface area contributed by atoms with Crippen LogP contribution < -0.4 is 0 Å². The molecule has 0 spiro atoms. The largest absolute Gasteiger partial charge is 0.480 e. The molecule has 0 radical (unpaired) electrons. The highest BCUT2D eigenvalue weighted by Gasteiger charge is 2.35. The Balaban J connectivity index is 4.75. The van der Waals surface area contributed by atoms with Crippen molar-refractivity contribution in [2.24, 2.45) is 0 Å². The molecule has 0 aromatic heterocycles. The number of hydrogen-bond acceptors (Lipinski definition) is 3. The van der Waals surface area contributed by atoms with Crippen LogP contribution in [0.5, 0.6) is 0 Å². The molecule has 0 aromatic rings. The van der Waals surface area contributed by atoms with E-state index in [2.05, 4.69) is 0 Å². The van der Waals surface area contributed by atoms with Gasteiger partial charge in [0.2, 0.25) is 5.91 Å². The lowest BCUT2D eigenvalue weighted by molar-refractivity contribution is -0.168. The van der Waals surface area contributed by atoms with Gasteiger partial charge in [-0.3, -0.25) is 9.59 Å². The normalized spacial score (nSPS) is 12.3. The Morgan fingerprint density at radius 3 is 2.11 bits per heavy atom. The number of hydrogen-bond donors (Lipinski definition) is 1. The molecular formula is C10H16F3NO4. The van der Waals surface area contributed by atoms with Crippen molar-refractivity contribution < 1.29 is 32.6 Å². The molecule has 5 nitrogen and oxygen atoms in total. The van der Waals surface area contributed by atoms with Gasteiger partial charge in [-0.2, -0.15) is 13.2 Å². The summed E-state index contributed by atoms with van der Waals surface area (Å²) in [6, 6.07) is 0. The first-order valence-electron chi connectivity index (χ1n) is 5.08. The SMILES string of the molecule is COC(C)(C)CC(=O)N(CC(=O)O)CC(F)(F)F. The van der Waals surface area contributed by atoms with Crippen LogP contribution >= 0.6 is 0 Å². The number of aliphatic carboxylic acids is 1. The highest BCUT2D eigenvalue weighted by Crippen LogP contribution is 2.20. The van der Waals surface area contributed by atoms with Gasteiger partial charge in [0.15, 0.2) is 0 Å². The predicted octanol–water partition coefficient (Wildman–Crippen LogP) is 1.28. The molecule has 0 aliphatic heterocycles. The van der Waals surface area contributed by atoms with Crippen molar-refractivity contribution in [3.05, 3.63) is 0 Å². The number of amides is 1. The second kappa shape index (κ2) is 6.03. The zero-order valence-corrected chi connectivity index (χ0v) is 10.4. The lowest BCUT2D eigenvalue weighted by Crippen LogP contribution is -2.44. The molecule has 18 heavy (non-hydrogen) atoms. The minimum atomic E-state index is -4.64. The van der Waals surface area contributed by atoms with Crippen molar-refractivity contribution in [3.8, 4) is 0 Å². The first-order chi connectivity index (χ1) is 7.97. The molecule has 0 aliphatic carbocycles. The van der Waals surface area contributed by atoms with Crippen molar-refractivity contribution in [2.75, 3.05) is 20.2 Å². The first kappa shape index (κ1) is 16.7. The summed E-state index contributed by atoms with van der Waals surface area (Å²) in [4.78, 5) is 22.3. The van der Waals surface area contributed by atoms with Crippen LogP contribution in [0, 0.1) is 0 Å². The summed E-state index contributed by atoms with van der Waals surface area (Å²) >= 11 is 0. The maximum atomic E-state index is 12.2. The lowest BCUT2D eigenvalue weighted by Gasteiger charge is -2.27. The summed E-state index contributed by atoms with van der Waals surface area (Å²) in [5.41, 5.74) is -0.945. The zero-order chi connectivity index (χ0) is 14.6. The van der Waals surface area contributed by atoms with E-state index in [0.717, 1.165) is 0 Å². The number of carbonyl (C=O) groups is 2. The second-order valence-corrected chi connectivity index (χ2v) is 4.40. The molecule has 0 bridgehead atoms. The fourth-order valence-corrected chi connectivity index (χ4v) is 1.16. The van der Waals surface area contributed by atoms with Crippen molar-refractivity contribution >= 4 is 11.9 Å². The lowest BCUT2D eigenvalue weighted by atomic mass is 10.0. The molecule has 106 valence electrons. The molecule has 0 fully saturated rings. The topological polar surface area (TPSA) is 66.8 Å². The third-order valence-electron chi connectivity index (χ3n) is 2.18. The van der Waals surface area contributed by atoms with Crippen molar-refractivity contribution in [1.82, 2.24) is 4.90 Å². The molecule has 0 saturated heterocycles. The smallest absolute Gasteiger partial charge is 0.406 e. The molecule has 1 N–H and O–H groups in total. The number of carbonyl (C=O) groups excluding carboxylic acids is 1. The van der Waals surface area contributed by atoms with Crippen LogP contribution in [-0.2, 0) is 14.3 Å². The molecule has 0 atom stereocenters.